The largest absolute Gasteiger partial charge is 0.463 e. The van der Waals surface area contributed by atoms with Gasteiger partial charge in [0, 0.05) is 0 Å². The van der Waals surface area contributed by atoms with Gasteiger partial charge < -0.3 is 20.1 Å². The Morgan fingerprint density at radius 2 is 0.912 bits per heavy atom. The highest BCUT2D eigenvalue weighted by molar-refractivity contribution is 5.82. The lowest BCUT2D eigenvalue weighted by Gasteiger charge is -2.33. The Morgan fingerprint density at radius 1 is 0.525 bits per heavy atom. The maximum Gasteiger partial charge on any atom is 0.433 e. The Bertz CT molecular complexity index is 2560. The highest BCUT2D eigenvalue weighted by Gasteiger charge is 2.43. The second-order valence-electron chi connectivity index (χ2n) is 20.8. The molecule has 0 saturated carbocycles. The zero-order valence-electron chi connectivity index (χ0n) is 48.6. The summed E-state index contributed by atoms with van der Waals surface area (Å²) in [7, 11) is 0. The van der Waals surface area contributed by atoms with E-state index in [9.17, 15) is 45.5 Å². The maximum absolute atomic E-state index is 12.9. The van der Waals surface area contributed by atoms with E-state index in [0.29, 0.717) is 66.5 Å². The molecule has 18 heteroatoms. The molecule has 0 saturated heterocycles. The van der Waals surface area contributed by atoms with Crippen LogP contribution in [-0.4, -0.2) is 61.9 Å². The van der Waals surface area contributed by atoms with Crippen molar-refractivity contribution in [1.29, 1.82) is 0 Å². The summed E-state index contributed by atoms with van der Waals surface area (Å²) in [5, 5.41) is 12.2. The molecule has 80 heavy (non-hydrogen) atoms. The minimum atomic E-state index is -4.42. The van der Waals surface area contributed by atoms with Crippen molar-refractivity contribution in [3.63, 3.8) is 0 Å². The number of nitrogens with zero attached hydrogens (tertiary/aromatic N) is 2. The monoisotopic (exact) mass is 1130 g/mol. The van der Waals surface area contributed by atoms with Crippen molar-refractivity contribution in [3.8, 4) is 0 Å². The van der Waals surface area contributed by atoms with Crippen molar-refractivity contribution in [2.45, 2.75) is 170 Å². The Hall–Kier alpha value is -6.72. The molecule has 4 aromatic carbocycles. The second kappa shape index (κ2) is 34.4. The molecule has 0 radical (unpaired) electrons. The molecule has 4 rings (SSSR count). The fourth-order valence-corrected chi connectivity index (χ4v) is 8.48. The predicted octanol–water partition coefficient (Wildman–Crippen LogP) is 16.7. The summed E-state index contributed by atoms with van der Waals surface area (Å²) in [6.45, 7) is 22.4. The van der Waals surface area contributed by atoms with E-state index >= 15 is 0 Å². The lowest BCUT2D eigenvalue weighted by atomic mass is 9.72. The molecule has 5 unspecified atom stereocenters. The minimum absolute atomic E-state index is 0.0488. The van der Waals surface area contributed by atoms with Gasteiger partial charge >= 0.3 is 36.5 Å². The Morgan fingerprint density at radius 3 is 1.34 bits per heavy atom. The van der Waals surface area contributed by atoms with E-state index in [1.54, 1.807) is 53.7 Å². The van der Waals surface area contributed by atoms with E-state index in [-0.39, 0.29) is 44.6 Å². The molecule has 0 spiro atoms. The van der Waals surface area contributed by atoms with Gasteiger partial charge in [-0.1, -0.05) is 156 Å². The average Bonchev–Trinajstić information content (AvgIpc) is 3.45. The number of carbonyl (C=O) groups is 4. The van der Waals surface area contributed by atoms with Gasteiger partial charge in [-0.2, -0.15) is 26.3 Å². The average molecular weight is 1130 g/mol. The van der Waals surface area contributed by atoms with E-state index in [1.807, 2.05) is 27.7 Å². The highest BCUT2D eigenvalue weighted by Crippen LogP contribution is 2.40. The summed E-state index contributed by atoms with van der Waals surface area (Å²) in [5.74, 6) is -0.0954. The number of alkyl halides is 6. The Balaban J connectivity index is 0.000000433. The van der Waals surface area contributed by atoms with Crippen LogP contribution in [0.5, 0.6) is 0 Å². The summed E-state index contributed by atoms with van der Waals surface area (Å²) in [6.07, 6.45) is -4.90. The fraction of sp³-hybridized carbons (Fsp3) is 0.516. The van der Waals surface area contributed by atoms with E-state index in [0.717, 1.165) is 24.3 Å². The first-order valence-corrected chi connectivity index (χ1v) is 27.4. The number of rotatable bonds is 25. The SMILES string of the molecule is CCC(C)=NOC(=O)NCCOC(=O)C(C)(C)CC(C)(CC)C(=O)OCCNC(=O)ON=C(C)CC.CCC(CC(C)c1cccc(C(F)(F)F)c1)c1cccc(C(F)(F)F)c1.CCC(CC(C)c1ccccc1)c1ccccc1. The molecule has 0 aromatic heterocycles. The lowest BCUT2D eigenvalue weighted by Crippen LogP contribution is -2.40. The van der Waals surface area contributed by atoms with E-state index in [2.05, 4.69) is 105 Å². The van der Waals surface area contributed by atoms with E-state index < -0.39 is 58.4 Å². The van der Waals surface area contributed by atoms with Crippen LogP contribution in [0, 0.1) is 10.8 Å². The molecular formula is C62H84F6N4O8. The summed E-state index contributed by atoms with van der Waals surface area (Å²) >= 11 is 0. The first kappa shape index (κ1) is 69.4. The highest BCUT2D eigenvalue weighted by atomic mass is 19.4. The smallest absolute Gasteiger partial charge is 0.433 e. The lowest BCUT2D eigenvalue weighted by molar-refractivity contribution is -0.163. The molecule has 2 amide bonds. The molecular weight excluding hydrogens is 1040 g/mol. The number of halogens is 6. The van der Waals surface area contributed by atoms with Crippen molar-refractivity contribution in [2.24, 2.45) is 21.1 Å². The van der Waals surface area contributed by atoms with Gasteiger partial charge in [-0.3, -0.25) is 19.3 Å². The molecule has 0 fully saturated rings. The van der Waals surface area contributed by atoms with Gasteiger partial charge in [0.05, 0.1) is 46.5 Å². The van der Waals surface area contributed by atoms with Gasteiger partial charge in [0.2, 0.25) is 0 Å². The van der Waals surface area contributed by atoms with Gasteiger partial charge in [0.1, 0.15) is 13.2 Å². The number of esters is 2. The molecule has 2 N–H and O–H groups in total. The molecule has 0 bridgehead atoms. The number of oxime groups is 2. The Kier molecular flexibility index (Phi) is 29.9. The van der Waals surface area contributed by atoms with Crippen LogP contribution >= 0.6 is 0 Å². The third-order valence-electron chi connectivity index (χ3n) is 13.8. The fourth-order valence-electron chi connectivity index (χ4n) is 8.48. The molecule has 4 aromatic rings. The van der Waals surface area contributed by atoms with Gasteiger partial charge in [-0.15, -0.1) is 0 Å². The van der Waals surface area contributed by atoms with Crippen molar-refractivity contribution >= 4 is 35.5 Å². The van der Waals surface area contributed by atoms with Crippen LogP contribution in [0.2, 0.25) is 0 Å². The molecule has 5 atom stereocenters. The van der Waals surface area contributed by atoms with Crippen LogP contribution in [-0.2, 0) is 41.1 Å². The number of carbonyl (C=O) groups excluding carboxylic acids is 4. The third kappa shape index (κ3) is 25.2. The number of ether oxygens (including phenoxy) is 2. The zero-order chi connectivity index (χ0) is 60.1. The van der Waals surface area contributed by atoms with Crippen molar-refractivity contribution < 1.29 is 64.7 Å². The van der Waals surface area contributed by atoms with Crippen molar-refractivity contribution in [2.75, 3.05) is 26.3 Å². The number of benzene rings is 4. The first-order valence-electron chi connectivity index (χ1n) is 27.4. The van der Waals surface area contributed by atoms with Gasteiger partial charge in [0.25, 0.3) is 0 Å². The van der Waals surface area contributed by atoms with E-state index in [1.165, 1.54) is 36.1 Å². The number of nitrogens with one attached hydrogen (secondary N) is 2. The van der Waals surface area contributed by atoms with Gasteiger partial charge in [-0.05, 0) is 144 Å². The van der Waals surface area contributed by atoms with Crippen LogP contribution in [0.15, 0.2) is 120 Å². The molecule has 0 aliphatic carbocycles. The van der Waals surface area contributed by atoms with Gasteiger partial charge in [-0.25, -0.2) is 9.59 Å². The first-order chi connectivity index (χ1) is 37.6. The van der Waals surface area contributed by atoms with Gasteiger partial charge in [0.15, 0.2) is 0 Å². The summed E-state index contributed by atoms with van der Waals surface area (Å²) in [5.41, 5.74) is 1.98. The summed E-state index contributed by atoms with van der Waals surface area (Å²) < 4.78 is 88.0. The number of hydrogen-bond acceptors (Lipinski definition) is 10. The predicted molar refractivity (Wildman–Crippen MR) is 302 cm³/mol. The topological polar surface area (TPSA) is 154 Å². The third-order valence-corrected chi connectivity index (χ3v) is 13.8. The quantitative estimate of drug-likeness (QED) is 0.0166. The zero-order valence-corrected chi connectivity index (χ0v) is 48.6. The van der Waals surface area contributed by atoms with Crippen LogP contribution < -0.4 is 10.6 Å². The normalized spacial score (nSPS) is 14.2. The second-order valence-corrected chi connectivity index (χ2v) is 20.8. The molecule has 12 nitrogen and oxygen atoms in total. The van der Waals surface area contributed by atoms with Crippen LogP contribution in [0.4, 0.5) is 35.9 Å². The van der Waals surface area contributed by atoms with Crippen LogP contribution in [0.1, 0.15) is 192 Å². The Labute approximate surface area is 469 Å². The number of amides is 2. The van der Waals surface area contributed by atoms with Crippen molar-refractivity contribution in [3.05, 3.63) is 143 Å². The van der Waals surface area contributed by atoms with Crippen LogP contribution in [0.3, 0.4) is 0 Å². The van der Waals surface area contributed by atoms with Crippen molar-refractivity contribution in [1.82, 2.24) is 10.6 Å². The van der Waals surface area contributed by atoms with E-state index in [4.69, 9.17) is 9.47 Å². The molecule has 0 aliphatic heterocycles. The molecule has 0 aliphatic rings. The maximum atomic E-state index is 12.9. The molecule has 0 heterocycles. The molecule has 442 valence electrons. The standard InChI is InChI=1S/C24H42N4O8.C20H20F6.C18H22/c1-9-17(4)27-35-21(31)25-12-14-33-19(29)23(6,7)16-24(8,11-3)20(30)34-15-13-26-22(32)36-28-18(5)10-2;1-3-14(16-7-5-9-18(12-16)20(24,25)26)10-13(2)15-6-4-8-17(11-15)19(21,22)23;1-3-16(18-12-8-5-9-13-18)14-15(2)17-10-6-4-7-11-17/h9-16H2,1-8H3,(H,25,31)(H,26,32);4-9,11-14H,3,10H2,1-2H3;4-13,15-16H,3,14H2,1-2H3. The minimum Gasteiger partial charge on any atom is -0.463 e. The summed E-state index contributed by atoms with van der Waals surface area (Å²) in [4.78, 5) is 57.9. The number of hydrogen-bond donors (Lipinski definition) is 2. The summed E-state index contributed by atoms with van der Waals surface area (Å²) in [6, 6.07) is 32.0. The van der Waals surface area contributed by atoms with Crippen LogP contribution in [0.25, 0.3) is 0 Å².